The van der Waals surface area contributed by atoms with Gasteiger partial charge in [0.2, 0.25) is 0 Å². The van der Waals surface area contributed by atoms with Crippen molar-refractivity contribution in [2.45, 2.75) is 77.7 Å². The summed E-state index contributed by atoms with van der Waals surface area (Å²) < 4.78 is 5.49. The zero-order valence-electron chi connectivity index (χ0n) is 17.9. The van der Waals surface area contributed by atoms with Crippen LogP contribution in [0.15, 0.2) is 12.4 Å². The van der Waals surface area contributed by atoms with Gasteiger partial charge in [-0.15, -0.1) is 0 Å². The first-order valence-corrected chi connectivity index (χ1v) is 12.0. The third kappa shape index (κ3) is 3.24. The first-order chi connectivity index (χ1) is 13.7. The molecule has 0 aliphatic heterocycles. The summed E-state index contributed by atoms with van der Waals surface area (Å²) in [6.07, 6.45) is 18.2. The highest BCUT2D eigenvalue weighted by atomic mass is 16.5. The predicted octanol–water partition coefficient (Wildman–Crippen LogP) is 5.20. The average Bonchev–Trinajstić information content (AvgIpc) is 3.33. The Morgan fingerprint density at radius 3 is 2.61 bits per heavy atom. The maximum Gasteiger partial charge on any atom is 0.0693 e. The Morgan fingerprint density at radius 2 is 1.79 bits per heavy atom. The number of ether oxygens (including phenoxy) is 1. The van der Waals surface area contributed by atoms with Crippen LogP contribution in [0, 0.1) is 46.8 Å². The van der Waals surface area contributed by atoms with E-state index in [4.69, 9.17) is 4.74 Å². The summed E-state index contributed by atoms with van der Waals surface area (Å²) in [5.74, 6) is 6.78. The van der Waals surface area contributed by atoms with E-state index >= 15 is 0 Å². The fourth-order valence-corrected chi connectivity index (χ4v) is 8.55. The average molecular weight is 386 g/mol. The quantitative estimate of drug-likeness (QED) is 0.699. The normalized spacial score (nSPS) is 45.3. The zero-order valence-corrected chi connectivity index (χ0v) is 17.9. The minimum atomic E-state index is 0.578. The van der Waals surface area contributed by atoms with Gasteiger partial charge in [-0.05, 0) is 111 Å². The van der Waals surface area contributed by atoms with Crippen molar-refractivity contribution in [3.63, 3.8) is 0 Å². The lowest BCUT2D eigenvalue weighted by molar-refractivity contribution is -0.0728. The number of methoxy groups -OCH3 is 1. The molecule has 4 aliphatic rings. The van der Waals surface area contributed by atoms with Crippen molar-refractivity contribution in [1.29, 1.82) is 0 Å². The maximum absolute atomic E-state index is 5.49. The number of aryl methyl sites for hydroxylation is 1. The molecule has 4 nitrogen and oxygen atoms in total. The minimum Gasteiger partial charge on any atom is -0.384 e. The molecule has 4 heteroatoms. The van der Waals surface area contributed by atoms with E-state index in [1.165, 1.54) is 64.2 Å². The number of nitrogens with zero attached hydrogens (tertiary/aromatic N) is 3. The SMILES string of the molecule is COCC1CCC2C(CCC3C2CCC2(C)C(CCn4nccn4)CCC32)C1. The fraction of sp³-hybridized carbons (Fsp3) is 0.917. The molecule has 28 heavy (non-hydrogen) atoms. The van der Waals surface area contributed by atoms with Crippen molar-refractivity contribution in [2.75, 3.05) is 13.7 Å². The monoisotopic (exact) mass is 385 g/mol. The van der Waals surface area contributed by atoms with Crippen LogP contribution in [-0.4, -0.2) is 28.7 Å². The van der Waals surface area contributed by atoms with Crippen molar-refractivity contribution in [2.24, 2.45) is 46.8 Å². The van der Waals surface area contributed by atoms with E-state index in [0.717, 1.165) is 54.6 Å². The number of rotatable bonds is 5. The molecule has 0 N–H and O–H groups in total. The molecular weight excluding hydrogens is 346 g/mol. The predicted molar refractivity (Wildman–Crippen MR) is 111 cm³/mol. The Bertz CT molecular complexity index is 646. The van der Waals surface area contributed by atoms with Gasteiger partial charge < -0.3 is 4.74 Å². The maximum atomic E-state index is 5.49. The Balaban J connectivity index is 1.25. The lowest BCUT2D eigenvalue weighted by Gasteiger charge is -2.56. The lowest BCUT2D eigenvalue weighted by Crippen LogP contribution is -2.48. The van der Waals surface area contributed by atoms with Gasteiger partial charge in [0.05, 0.1) is 18.9 Å². The second-order valence-corrected chi connectivity index (χ2v) is 10.8. The molecule has 8 unspecified atom stereocenters. The summed E-state index contributed by atoms with van der Waals surface area (Å²) in [4.78, 5) is 1.89. The van der Waals surface area contributed by atoms with Crippen molar-refractivity contribution in [3.05, 3.63) is 12.4 Å². The number of hydrogen-bond donors (Lipinski definition) is 0. The Morgan fingerprint density at radius 1 is 0.964 bits per heavy atom. The van der Waals surface area contributed by atoms with Crippen LogP contribution in [0.4, 0.5) is 0 Å². The highest BCUT2D eigenvalue weighted by Crippen LogP contribution is 2.64. The molecule has 0 amide bonds. The third-order valence-corrected chi connectivity index (χ3v) is 9.81. The molecule has 0 aromatic carbocycles. The molecule has 1 aromatic rings. The molecule has 0 saturated heterocycles. The van der Waals surface area contributed by atoms with Gasteiger partial charge in [0.15, 0.2) is 0 Å². The van der Waals surface area contributed by atoms with Gasteiger partial charge in [-0.2, -0.15) is 15.0 Å². The van der Waals surface area contributed by atoms with Crippen molar-refractivity contribution in [3.8, 4) is 0 Å². The van der Waals surface area contributed by atoms with Crippen LogP contribution in [-0.2, 0) is 11.3 Å². The first-order valence-electron chi connectivity index (χ1n) is 12.0. The van der Waals surface area contributed by atoms with Gasteiger partial charge >= 0.3 is 0 Å². The van der Waals surface area contributed by atoms with Crippen LogP contribution in [0.1, 0.15) is 71.1 Å². The van der Waals surface area contributed by atoms with Gasteiger partial charge in [-0.1, -0.05) is 6.92 Å². The van der Waals surface area contributed by atoms with Crippen LogP contribution in [0.2, 0.25) is 0 Å². The van der Waals surface area contributed by atoms with Crippen LogP contribution in [0.25, 0.3) is 0 Å². The first kappa shape index (κ1) is 19.1. The fourth-order valence-electron chi connectivity index (χ4n) is 8.55. The molecule has 5 rings (SSSR count). The molecule has 156 valence electrons. The minimum absolute atomic E-state index is 0.578. The molecule has 4 saturated carbocycles. The summed E-state index contributed by atoms with van der Waals surface area (Å²) in [6, 6.07) is 0. The van der Waals surface area contributed by atoms with Crippen LogP contribution < -0.4 is 0 Å². The number of fused-ring (bicyclic) bond motifs is 5. The smallest absolute Gasteiger partial charge is 0.0693 e. The number of hydrogen-bond acceptors (Lipinski definition) is 3. The van der Waals surface area contributed by atoms with Crippen molar-refractivity contribution < 1.29 is 4.74 Å². The van der Waals surface area contributed by atoms with E-state index < -0.39 is 0 Å². The lowest BCUT2D eigenvalue weighted by atomic mass is 9.49. The zero-order chi connectivity index (χ0) is 19.1. The van der Waals surface area contributed by atoms with E-state index in [0.29, 0.717) is 5.41 Å². The molecule has 0 spiro atoms. The molecule has 0 radical (unpaired) electrons. The van der Waals surface area contributed by atoms with E-state index in [-0.39, 0.29) is 0 Å². The third-order valence-electron chi connectivity index (χ3n) is 9.81. The highest BCUT2D eigenvalue weighted by molar-refractivity contribution is 5.05. The van der Waals surface area contributed by atoms with Gasteiger partial charge in [-0.25, -0.2) is 0 Å². The molecule has 4 fully saturated rings. The Labute approximate surface area is 170 Å². The summed E-state index contributed by atoms with van der Waals surface area (Å²) in [6.45, 7) is 4.65. The van der Waals surface area contributed by atoms with E-state index in [1.54, 1.807) is 0 Å². The molecule has 4 aliphatic carbocycles. The van der Waals surface area contributed by atoms with E-state index in [9.17, 15) is 0 Å². The summed E-state index contributed by atoms with van der Waals surface area (Å²) in [7, 11) is 1.88. The molecule has 1 heterocycles. The second kappa shape index (κ2) is 7.74. The Kier molecular flexibility index (Phi) is 5.27. The molecule has 1 aromatic heterocycles. The summed E-state index contributed by atoms with van der Waals surface area (Å²) in [5, 5.41) is 8.66. The molecular formula is C24H39N3O. The van der Waals surface area contributed by atoms with Gasteiger partial charge in [0.1, 0.15) is 0 Å². The highest BCUT2D eigenvalue weighted by Gasteiger charge is 2.56. The van der Waals surface area contributed by atoms with Gasteiger partial charge in [-0.3, -0.25) is 0 Å². The topological polar surface area (TPSA) is 39.9 Å². The Hall–Kier alpha value is -0.900. The largest absolute Gasteiger partial charge is 0.384 e. The van der Waals surface area contributed by atoms with Crippen LogP contribution >= 0.6 is 0 Å². The van der Waals surface area contributed by atoms with Crippen LogP contribution in [0.3, 0.4) is 0 Å². The molecule has 8 atom stereocenters. The summed E-state index contributed by atoms with van der Waals surface area (Å²) >= 11 is 0. The molecule has 0 bridgehead atoms. The van der Waals surface area contributed by atoms with Crippen LogP contribution in [0.5, 0.6) is 0 Å². The van der Waals surface area contributed by atoms with E-state index in [1.807, 2.05) is 24.3 Å². The standard InChI is InChI=1S/C24H39N3O/c1-24-11-9-21-20-6-3-17(16-28-2)15-18(20)4-7-22(21)23(24)8-5-19(24)10-14-27-25-12-13-26-27/h12-13,17-23H,3-11,14-16H2,1-2H3. The van der Waals surface area contributed by atoms with Crippen molar-refractivity contribution >= 4 is 0 Å². The van der Waals surface area contributed by atoms with Gasteiger partial charge in [0, 0.05) is 13.7 Å². The summed E-state index contributed by atoms with van der Waals surface area (Å²) in [5.41, 5.74) is 0.578. The van der Waals surface area contributed by atoms with Gasteiger partial charge in [0.25, 0.3) is 0 Å². The number of aromatic nitrogens is 3. The van der Waals surface area contributed by atoms with Crippen molar-refractivity contribution in [1.82, 2.24) is 15.0 Å². The second-order valence-electron chi connectivity index (χ2n) is 10.8. The van der Waals surface area contributed by atoms with E-state index in [2.05, 4.69) is 17.1 Å².